The lowest BCUT2D eigenvalue weighted by Crippen LogP contribution is -1.95. The Balaban J connectivity index is 1.64. The molecule has 0 saturated carbocycles. The molecule has 0 fully saturated rings. The van der Waals surface area contributed by atoms with Gasteiger partial charge in [0.2, 0.25) is 0 Å². The Kier molecular flexibility index (Phi) is 5.60. The highest BCUT2D eigenvalue weighted by Gasteiger charge is 2.15. The summed E-state index contributed by atoms with van der Waals surface area (Å²) in [6, 6.07) is 12.9. The molecular weight excluding hydrogens is 400 g/mol. The van der Waals surface area contributed by atoms with Crippen LogP contribution >= 0.6 is 11.3 Å². The second-order valence-electron chi connectivity index (χ2n) is 6.62. The minimum absolute atomic E-state index is 0.0000230. The Hall–Kier alpha value is -3.49. The first-order chi connectivity index (χ1) is 14.6. The van der Waals surface area contributed by atoms with E-state index in [1.165, 1.54) is 13.4 Å². The van der Waals surface area contributed by atoms with Gasteiger partial charge in [0.15, 0.2) is 17.3 Å². The molecule has 2 heterocycles. The number of hydrogen-bond donors (Lipinski definition) is 3. The molecule has 0 unspecified atom stereocenters. The normalized spacial score (nSPS) is 11.3. The third-order valence-electron chi connectivity index (χ3n) is 4.66. The first-order valence-electron chi connectivity index (χ1n) is 9.21. The summed E-state index contributed by atoms with van der Waals surface area (Å²) in [4.78, 5) is 9.84. The SMILES string of the molecule is COc1ccc(/C=N/Nc2ncnc3c(C)c(-c4cccc(CO)c4)sc23)cc1O. The lowest BCUT2D eigenvalue weighted by atomic mass is 10.1. The molecule has 0 aliphatic carbocycles. The van der Waals surface area contributed by atoms with Gasteiger partial charge in [0, 0.05) is 4.88 Å². The van der Waals surface area contributed by atoms with Crippen LogP contribution in [-0.4, -0.2) is 33.5 Å². The maximum absolute atomic E-state index is 9.89. The van der Waals surface area contributed by atoms with Crippen LogP contribution in [0.15, 0.2) is 53.9 Å². The Morgan fingerprint density at radius 1 is 1.20 bits per heavy atom. The molecule has 0 amide bonds. The second-order valence-corrected chi connectivity index (χ2v) is 7.64. The summed E-state index contributed by atoms with van der Waals surface area (Å²) in [6.07, 6.45) is 3.10. The van der Waals surface area contributed by atoms with Crippen LogP contribution in [0.3, 0.4) is 0 Å². The highest BCUT2D eigenvalue weighted by Crippen LogP contribution is 2.39. The smallest absolute Gasteiger partial charge is 0.167 e. The fraction of sp³-hybridized carbons (Fsp3) is 0.136. The van der Waals surface area contributed by atoms with Crippen LogP contribution in [0.25, 0.3) is 20.7 Å². The fourth-order valence-corrected chi connectivity index (χ4v) is 4.34. The lowest BCUT2D eigenvalue weighted by molar-refractivity contribution is 0.282. The van der Waals surface area contributed by atoms with Gasteiger partial charge in [-0.1, -0.05) is 18.2 Å². The van der Waals surface area contributed by atoms with Crippen molar-refractivity contribution in [1.29, 1.82) is 0 Å². The zero-order chi connectivity index (χ0) is 21.1. The zero-order valence-corrected chi connectivity index (χ0v) is 17.3. The van der Waals surface area contributed by atoms with E-state index in [2.05, 4.69) is 20.5 Å². The van der Waals surface area contributed by atoms with Gasteiger partial charge in [-0.15, -0.1) is 11.3 Å². The van der Waals surface area contributed by atoms with Crippen LogP contribution in [0, 0.1) is 6.92 Å². The van der Waals surface area contributed by atoms with E-state index in [1.807, 2.05) is 31.2 Å². The molecule has 2 aromatic carbocycles. The van der Waals surface area contributed by atoms with Gasteiger partial charge in [-0.25, -0.2) is 9.97 Å². The maximum atomic E-state index is 9.89. The summed E-state index contributed by atoms with van der Waals surface area (Å²) in [5.41, 5.74) is 7.50. The van der Waals surface area contributed by atoms with Crippen LogP contribution < -0.4 is 10.2 Å². The number of phenolic OH excluding ortho intramolecular Hbond substituents is 1. The van der Waals surface area contributed by atoms with Gasteiger partial charge in [-0.2, -0.15) is 5.10 Å². The molecule has 0 aliphatic rings. The fourth-order valence-electron chi connectivity index (χ4n) is 3.14. The highest BCUT2D eigenvalue weighted by molar-refractivity contribution is 7.23. The molecule has 0 saturated heterocycles. The van der Waals surface area contributed by atoms with Crippen molar-refractivity contribution in [1.82, 2.24) is 9.97 Å². The van der Waals surface area contributed by atoms with Crippen LogP contribution in [0.1, 0.15) is 16.7 Å². The van der Waals surface area contributed by atoms with Gasteiger partial charge in [0.25, 0.3) is 0 Å². The molecule has 0 radical (unpaired) electrons. The van der Waals surface area contributed by atoms with Crippen molar-refractivity contribution >= 4 is 33.6 Å². The number of aromatic nitrogens is 2. The van der Waals surface area contributed by atoms with E-state index < -0.39 is 0 Å². The Labute approximate surface area is 177 Å². The third kappa shape index (κ3) is 3.83. The number of aromatic hydroxyl groups is 1. The van der Waals surface area contributed by atoms with Crippen molar-refractivity contribution in [2.75, 3.05) is 12.5 Å². The summed E-state index contributed by atoms with van der Waals surface area (Å²) in [6.45, 7) is 2.03. The monoisotopic (exact) mass is 420 g/mol. The molecule has 4 aromatic rings. The quantitative estimate of drug-likeness (QED) is 0.317. The molecule has 0 aliphatic heterocycles. The van der Waals surface area contributed by atoms with Crippen molar-refractivity contribution in [2.45, 2.75) is 13.5 Å². The van der Waals surface area contributed by atoms with Gasteiger partial charge >= 0.3 is 0 Å². The van der Waals surface area contributed by atoms with Gasteiger partial charge in [0.1, 0.15) is 6.33 Å². The van der Waals surface area contributed by atoms with Crippen LogP contribution in [0.4, 0.5) is 5.82 Å². The summed E-state index contributed by atoms with van der Waals surface area (Å²) >= 11 is 1.58. The van der Waals surface area contributed by atoms with Crippen LogP contribution in [-0.2, 0) is 6.61 Å². The first-order valence-corrected chi connectivity index (χ1v) is 10.0. The topological polar surface area (TPSA) is 99.9 Å². The van der Waals surface area contributed by atoms with Crippen molar-refractivity contribution < 1.29 is 14.9 Å². The number of phenols is 1. The number of aryl methyl sites for hydroxylation is 1. The molecule has 152 valence electrons. The standard InChI is InChI=1S/C22H20N4O3S/c1-13-19-21(30-20(13)16-5-3-4-15(8-16)11-27)22(24-12-23-19)26-25-10-14-6-7-18(29-2)17(28)9-14/h3-10,12,27-28H,11H2,1-2H3,(H,23,24,26)/b25-10+. The summed E-state index contributed by atoms with van der Waals surface area (Å²) in [7, 11) is 1.50. The molecule has 3 N–H and O–H groups in total. The first kappa shape index (κ1) is 19.8. The molecule has 30 heavy (non-hydrogen) atoms. The number of methoxy groups -OCH3 is 1. The number of aliphatic hydroxyl groups excluding tert-OH is 1. The minimum atomic E-state index is 0.0000230. The molecular formula is C22H20N4O3S. The number of rotatable bonds is 6. The Morgan fingerprint density at radius 3 is 2.83 bits per heavy atom. The molecule has 7 nitrogen and oxygen atoms in total. The molecule has 4 rings (SSSR count). The second kappa shape index (κ2) is 8.48. The molecule has 8 heteroatoms. The highest BCUT2D eigenvalue weighted by atomic mass is 32.1. The number of benzene rings is 2. The molecule has 0 bridgehead atoms. The average Bonchev–Trinajstić information content (AvgIpc) is 3.11. The number of thiophene rings is 1. The summed E-state index contributed by atoms with van der Waals surface area (Å²) < 4.78 is 5.94. The van der Waals surface area contributed by atoms with E-state index in [9.17, 15) is 10.2 Å². The number of fused-ring (bicyclic) bond motifs is 1. The van der Waals surface area contributed by atoms with Gasteiger partial charge in [-0.3, -0.25) is 5.43 Å². The van der Waals surface area contributed by atoms with E-state index in [0.717, 1.165) is 37.3 Å². The number of ether oxygens (including phenoxy) is 1. The predicted molar refractivity (Wildman–Crippen MR) is 119 cm³/mol. The average molecular weight is 420 g/mol. The number of aliphatic hydroxyl groups is 1. The van der Waals surface area contributed by atoms with Crippen molar-refractivity contribution in [3.63, 3.8) is 0 Å². The van der Waals surface area contributed by atoms with Crippen LogP contribution in [0.5, 0.6) is 11.5 Å². The van der Waals surface area contributed by atoms with E-state index in [4.69, 9.17) is 4.74 Å². The molecule has 0 atom stereocenters. The van der Waals surface area contributed by atoms with E-state index >= 15 is 0 Å². The van der Waals surface area contributed by atoms with E-state index in [-0.39, 0.29) is 12.4 Å². The number of anilines is 1. The van der Waals surface area contributed by atoms with E-state index in [1.54, 1.807) is 35.8 Å². The number of nitrogens with zero attached hydrogens (tertiary/aromatic N) is 3. The lowest BCUT2D eigenvalue weighted by Gasteiger charge is -2.03. The minimum Gasteiger partial charge on any atom is -0.504 e. The zero-order valence-electron chi connectivity index (χ0n) is 16.5. The third-order valence-corrected chi connectivity index (χ3v) is 6.00. The maximum Gasteiger partial charge on any atom is 0.167 e. The molecule has 0 spiro atoms. The number of hydrazone groups is 1. The van der Waals surface area contributed by atoms with E-state index in [0.29, 0.717) is 11.6 Å². The Morgan fingerprint density at radius 2 is 2.07 bits per heavy atom. The van der Waals surface area contributed by atoms with Crippen LogP contribution in [0.2, 0.25) is 0 Å². The van der Waals surface area contributed by atoms with Gasteiger partial charge in [-0.05, 0) is 53.4 Å². The number of hydrogen-bond acceptors (Lipinski definition) is 8. The van der Waals surface area contributed by atoms with Gasteiger partial charge in [0.05, 0.1) is 30.1 Å². The Bertz CT molecular complexity index is 1240. The summed E-state index contributed by atoms with van der Waals surface area (Å²) in [5.74, 6) is 1.06. The van der Waals surface area contributed by atoms with Crippen molar-refractivity contribution in [3.05, 3.63) is 65.5 Å². The van der Waals surface area contributed by atoms with Gasteiger partial charge < -0.3 is 14.9 Å². The van der Waals surface area contributed by atoms with Crippen molar-refractivity contribution in [2.24, 2.45) is 5.10 Å². The number of nitrogens with one attached hydrogen (secondary N) is 1. The van der Waals surface area contributed by atoms with Crippen molar-refractivity contribution in [3.8, 4) is 21.9 Å². The largest absolute Gasteiger partial charge is 0.504 e. The summed E-state index contributed by atoms with van der Waals surface area (Å²) in [5, 5.41) is 23.6. The predicted octanol–water partition coefficient (Wildman–Crippen LogP) is 4.32. The molecule has 2 aromatic heterocycles.